The van der Waals surface area contributed by atoms with Crippen molar-refractivity contribution in [1.29, 1.82) is 0 Å². The number of furan rings is 1. The first-order valence-electron chi connectivity index (χ1n) is 14.4. The van der Waals surface area contributed by atoms with E-state index in [1.54, 1.807) is 13.0 Å². The summed E-state index contributed by atoms with van der Waals surface area (Å²) in [6, 6.07) is 9.99. The molecule has 5 rings (SSSR count). The molecule has 1 aliphatic heterocycles. The molecule has 8 atom stereocenters. The average Bonchev–Trinajstić information content (AvgIpc) is 3.48. The van der Waals surface area contributed by atoms with Crippen molar-refractivity contribution < 1.29 is 42.6 Å². The fourth-order valence-electron chi connectivity index (χ4n) is 7.59. The molecule has 2 aliphatic carbocycles. The van der Waals surface area contributed by atoms with Crippen LogP contribution in [0, 0.1) is 28.6 Å². The van der Waals surface area contributed by atoms with Crippen molar-refractivity contribution in [1.82, 2.24) is 5.32 Å². The van der Waals surface area contributed by atoms with Gasteiger partial charge < -0.3 is 23.9 Å². The maximum absolute atomic E-state index is 14.1. The number of Topliss-reactive ketones (excluding diaryl/α,β-unsaturated/α-hetero) is 1. The second kappa shape index (κ2) is 11.4. The number of nitrogens with one attached hydrogen (secondary N) is 1. The van der Waals surface area contributed by atoms with Gasteiger partial charge >= 0.3 is 17.9 Å². The zero-order valence-corrected chi connectivity index (χ0v) is 24.3. The molecule has 2 saturated carbocycles. The van der Waals surface area contributed by atoms with Crippen LogP contribution in [0.3, 0.4) is 0 Å². The van der Waals surface area contributed by atoms with Crippen molar-refractivity contribution in [2.75, 3.05) is 0 Å². The molecule has 3 aliphatic rings. The molecular weight excluding hydrogens is 542 g/mol. The lowest BCUT2D eigenvalue weighted by Crippen LogP contribution is -2.65. The summed E-state index contributed by atoms with van der Waals surface area (Å²) >= 11 is 0. The summed E-state index contributed by atoms with van der Waals surface area (Å²) in [6.45, 7) is 6.64. The zero-order valence-electron chi connectivity index (χ0n) is 24.3. The maximum Gasteiger partial charge on any atom is 0.328 e. The zero-order chi connectivity index (χ0) is 30.2. The third-order valence-corrected chi connectivity index (χ3v) is 9.58. The highest BCUT2D eigenvalue weighted by Crippen LogP contribution is 2.65. The van der Waals surface area contributed by atoms with Crippen LogP contribution < -0.4 is 5.32 Å². The molecular formula is C32H37NO9. The molecule has 224 valence electrons. The quantitative estimate of drug-likeness (QED) is 0.380. The van der Waals surface area contributed by atoms with Crippen LogP contribution in [0.4, 0.5) is 0 Å². The third kappa shape index (κ3) is 5.34. The fraction of sp³-hybridized carbons (Fsp3) is 0.531. The van der Waals surface area contributed by atoms with Crippen molar-refractivity contribution >= 4 is 29.6 Å². The van der Waals surface area contributed by atoms with Gasteiger partial charge in [0.2, 0.25) is 5.91 Å². The number of fused-ring (bicyclic) bond motifs is 3. The smallest absolute Gasteiger partial charge is 0.328 e. The van der Waals surface area contributed by atoms with Crippen LogP contribution in [0.2, 0.25) is 0 Å². The monoisotopic (exact) mass is 579 g/mol. The van der Waals surface area contributed by atoms with Crippen molar-refractivity contribution in [2.24, 2.45) is 28.6 Å². The first kappa shape index (κ1) is 29.5. The number of benzene rings is 1. The van der Waals surface area contributed by atoms with E-state index >= 15 is 0 Å². The molecule has 0 bridgehead atoms. The summed E-state index contributed by atoms with van der Waals surface area (Å²) in [5.41, 5.74) is -0.236. The Morgan fingerprint density at radius 2 is 1.83 bits per heavy atom. The lowest BCUT2D eigenvalue weighted by atomic mass is 9.43. The number of esters is 3. The average molecular weight is 580 g/mol. The van der Waals surface area contributed by atoms with Gasteiger partial charge in [-0.2, -0.15) is 0 Å². The van der Waals surface area contributed by atoms with Crippen molar-refractivity contribution in [2.45, 2.75) is 78.2 Å². The number of carbonyl (C=O) groups excluding carboxylic acids is 5. The molecule has 2 aromatic rings. The Balaban J connectivity index is 1.41. The van der Waals surface area contributed by atoms with E-state index in [1.165, 1.54) is 19.5 Å². The number of ketones is 1. The highest BCUT2D eigenvalue weighted by Gasteiger charge is 2.67. The maximum atomic E-state index is 14.1. The minimum atomic E-state index is -1.16. The van der Waals surface area contributed by atoms with Gasteiger partial charge in [-0.1, -0.05) is 44.2 Å². The van der Waals surface area contributed by atoms with Gasteiger partial charge in [0.15, 0.2) is 11.9 Å². The summed E-state index contributed by atoms with van der Waals surface area (Å²) in [4.78, 5) is 66.1. The Hall–Kier alpha value is -3.95. The first-order valence-corrected chi connectivity index (χ1v) is 14.4. The predicted molar refractivity (Wildman–Crippen MR) is 147 cm³/mol. The molecule has 0 spiro atoms. The lowest BCUT2D eigenvalue weighted by molar-refractivity contribution is -0.208. The standard InChI is InChI=1S/C32H37NO9/c1-18(29(37)40-16-20-8-6-5-7-9-20)33-28(36)23-14-24(41-19(2)34)26(35)27-31(23,3)12-10-22-30(38)42-25(15-32(22,27)4)21-11-13-39-17-21/h5-9,11,13,17-18,22-25,27H,10,12,14-16H2,1-4H3,(H,33,36)/t18?,22?,23-,24-,25+,27?,31-,32-/m0/s1. The second-order valence-corrected chi connectivity index (χ2v) is 12.3. The molecule has 2 heterocycles. The molecule has 3 unspecified atom stereocenters. The molecule has 10 nitrogen and oxygen atoms in total. The van der Waals surface area contributed by atoms with E-state index in [9.17, 15) is 24.0 Å². The number of cyclic esters (lactones) is 1. The number of rotatable bonds is 7. The highest BCUT2D eigenvalue weighted by atomic mass is 16.6. The fourth-order valence-corrected chi connectivity index (χ4v) is 7.59. The minimum absolute atomic E-state index is 0.0145. The summed E-state index contributed by atoms with van der Waals surface area (Å²) in [6.07, 6.45) is 2.42. The van der Waals surface area contributed by atoms with Gasteiger partial charge in [-0.3, -0.25) is 19.2 Å². The van der Waals surface area contributed by atoms with Crippen molar-refractivity contribution in [3.63, 3.8) is 0 Å². The van der Waals surface area contributed by atoms with E-state index in [0.29, 0.717) is 24.8 Å². The largest absolute Gasteiger partial charge is 0.472 e. The van der Waals surface area contributed by atoms with Gasteiger partial charge in [0.1, 0.15) is 18.8 Å². The Morgan fingerprint density at radius 3 is 2.50 bits per heavy atom. The molecule has 3 fully saturated rings. The van der Waals surface area contributed by atoms with E-state index in [-0.39, 0.29) is 18.8 Å². The summed E-state index contributed by atoms with van der Waals surface area (Å²) < 4.78 is 21.9. The predicted octanol–water partition coefficient (Wildman–Crippen LogP) is 4.08. The van der Waals surface area contributed by atoms with Gasteiger partial charge in [-0.05, 0) is 48.6 Å². The molecule has 1 aromatic heterocycles. The van der Waals surface area contributed by atoms with Gasteiger partial charge in [-0.25, -0.2) is 4.79 Å². The third-order valence-electron chi connectivity index (χ3n) is 9.58. The van der Waals surface area contributed by atoms with Crippen LogP contribution in [0.25, 0.3) is 0 Å². The van der Waals surface area contributed by atoms with Crippen molar-refractivity contribution in [3.05, 3.63) is 60.1 Å². The van der Waals surface area contributed by atoms with Gasteiger partial charge in [0.25, 0.3) is 0 Å². The lowest BCUT2D eigenvalue weighted by Gasteiger charge is -2.61. The Kier molecular flexibility index (Phi) is 8.00. The molecule has 1 aromatic carbocycles. The van der Waals surface area contributed by atoms with Crippen LogP contribution in [-0.4, -0.2) is 41.7 Å². The van der Waals surface area contributed by atoms with E-state index in [2.05, 4.69) is 5.32 Å². The number of amides is 1. The molecule has 1 N–H and O–H groups in total. The van der Waals surface area contributed by atoms with Gasteiger partial charge in [-0.15, -0.1) is 0 Å². The molecule has 0 radical (unpaired) electrons. The number of hydrogen-bond acceptors (Lipinski definition) is 9. The van der Waals surface area contributed by atoms with E-state index in [0.717, 1.165) is 5.56 Å². The van der Waals surface area contributed by atoms with Gasteiger partial charge in [0, 0.05) is 30.7 Å². The summed E-state index contributed by atoms with van der Waals surface area (Å²) in [5, 5.41) is 2.79. The van der Waals surface area contributed by atoms with Crippen LogP contribution in [0.5, 0.6) is 0 Å². The molecule has 1 amide bonds. The van der Waals surface area contributed by atoms with Crippen molar-refractivity contribution in [3.8, 4) is 0 Å². The topological polar surface area (TPSA) is 138 Å². The van der Waals surface area contributed by atoms with E-state index in [4.69, 9.17) is 18.6 Å². The summed E-state index contributed by atoms with van der Waals surface area (Å²) in [7, 11) is 0. The Morgan fingerprint density at radius 1 is 1.10 bits per heavy atom. The summed E-state index contributed by atoms with van der Waals surface area (Å²) in [5.74, 6) is -4.44. The number of ether oxygens (including phenoxy) is 3. The number of carbonyl (C=O) groups is 5. The van der Waals surface area contributed by atoms with E-state index < -0.39 is 70.6 Å². The molecule has 1 saturated heterocycles. The first-order chi connectivity index (χ1) is 19.9. The Bertz CT molecular complexity index is 1360. The SMILES string of the molecule is CC(=O)O[C@H]1C[C@@H](C(=O)NC(C)C(=O)OCc2ccccc2)[C@]2(C)CCC3C(=O)O[C@@H](c4ccoc4)C[C@]3(C)C2C1=O. The van der Waals surface area contributed by atoms with Crippen LogP contribution in [-0.2, 0) is 44.8 Å². The molecule has 10 heteroatoms. The van der Waals surface area contributed by atoms with E-state index in [1.807, 2.05) is 44.2 Å². The van der Waals surface area contributed by atoms with Crippen LogP contribution in [0.1, 0.15) is 70.6 Å². The molecule has 42 heavy (non-hydrogen) atoms. The second-order valence-electron chi connectivity index (χ2n) is 12.3. The van der Waals surface area contributed by atoms with Crippen LogP contribution >= 0.6 is 0 Å². The van der Waals surface area contributed by atoms with Crippen LogP contribution in [0.15, 0.2) is 53.3 Å². The highest BCUT2D eigenvalue weighted by molar-refractivity contribution is 5.94. The normalized spacial score (nSPS) is 32.9. The minimum Gasteiger partial charge on any atom is -0.472 e. The van der Waals surface area contributed by atoms with Gasteiger partial charge in [0.05, 0.1) is 18.4 Å². The number of hydrogen-bond donors (Lipinski definition) is 1. The Labute approximate surface area is 244 Å².